The first-order valence-corrected chi connectivity index (χ1v) is 54.0. The number of carbonyl (C=O) groups is 9. The van der Waals surface area contributed by atoms with E-state index in [0.29, 0.717) is 117 Å². The molecule has 9 N–H and O–H groups in total. The van der Waals surface area contributed by atoms with Crippen molar-refractivity contribution in [3.05, 3.63) is 94.0 Å². The highest BCUT2D eigenvalue weighted by atomic mass is 16.4. The van der Waals surface area contributed by atoms with Crippen LogP contribution in [0.15, 0.2) is 46.0 Å². The summed E-state index contributed by atoms with van der Waals surface area (Å²) in [6, 6.07) is 0. The maximum atomic E-state index is 10.2. The van der Waals surface area contributed by atoms with Crippen LogP contribution in [0.4, 0.5) is 0 Å². The van der Waals surface area contributed by atoms with Gasteiger partial charge in [-0.25, -0.2) is 0 Å². The summed E-state index contributed by atoms with van der Waals surface area (Å²) < 4.78 is 0. The molecule has 0 spiro atoms. The molecule has 144 heavy (non-hydrogen) atoms. The highest BCUT2D eigenvalue weighted by molar-refractivity contribution is 5.69. The lowest BCUT2D eigenvalue weighted by atomic mass is 10.1. The number of nitrogens with zero attached hydrogens (tertiary/aromatic N) is 27. The molecule has 0 aromatic carbocycles. The van der Waals surface area contributed by atoms with Gasteiger partial charge in [-0.15, -0.1) is 0 Å². The Bertz CT molecular complexity index is 2620. The van der Waals surface area contributed by atoms with Crippen molar-refractivity contribution in [2.75, 3.05) is 58.9 Å². The van der Waals surface area contributed by atoms with Crippen LogP contribution < -0.4 is 0 Å². The van der Waals surface area contributed by atoms with Crippen LogP contribution >= 0.6 is 0 Å². The van der Waals surface area contributed by atoms with Gasteiger partial charge in [0.25, 0.3) is 0 Å². The lowest BCUT2D eigenvalue weighted by molar-refractivity contribution is -0.138. The Balaban J connectivity index is -0.000000203. The summed E-state index contributed by atoms with van der Waals surface area (Å²) >= 11 is 0. The summed E-state index contributed by atoms with van der Waals surface area (Å²) in [5.74, 6) is -6.27. The minimum Gasteiger partial charge on any atom is -0.481 e. The third-order valence-corrected chi connectivity index (χ3v) is 22.2. The van der Waals surface area contributed by atoms with Gasteiger partial charge in [-0.05, 0) is 165 Å². The summed E-state index contributed by atoms with van der Waals surface area (Å²) in [5, 5.41) is 107. The molecular formula is C99H189N27O18. The van der Waals surface area contributed by atoms with E-state index in [2.05, 4.69) is 90.2 Å². The van der Waals surface area contributed by atoms with Gasteiger partial charge in [-0.2, -0.15) is 0 Å². The molecule has 0 aliphatic heterocycles. The van der Waals surface area contributed by atoms with Crippen molar-refractivity contribution in [2.45, 2.75) is 520 Å². The molecule has 0 heterocycles. The Morgan fingerprint density at radius 1 is 0.111 bits per heavy atom. The minimum atomic E-state index is -0.696. The molecule has 45 nitrogen and oxygen atoms in total. The number of unbranched alkanes of at least 4 members (excludes halogenated alkanes) is 63. The number of hydrogen-bond donors (Lipinski definition) is 9. The topological polar surface area (TPSA) is 775 Å². The average Bonchev–Trinajstić information content (AvgIpc) is 1.12. The van der Waals surface area contributed by atoms with E-state index in [9.17, 15) is 43.2 Å². The fraction of sp³-hybridized carbons (Fsp3) is 0.909. The van der Waals surface area contributed by atoms with E-state index in [1.807, 2.05) is 0 Å². The second-order valence-corrected chi connectivity index (χ2v) is 35.3. The average molecular weight is 2050 g/mol. The molecule has 0 aromatic rings. The lowest BCUT2D eigenvalue weighted by Gasteiger charge is -2.00. The van der Waals surface area contributed by atoms with Crippen molar-refractivity contribution in [1.29, 1.82) is 0 Å². The van der Waals surface area contributed by atoms with Crippen LogP contribution in [0.2, 0.25) is 0 Å². The third-order valence-electron chi connectivity index (χ3n) is 22.2. The Morgan fingerprint density at radius 3 is 0.222 bits per heavy atom. The van der Waals surface area contributed by atoms with Crippen LogP contribution in [0.5, 0.6) is 0 Å². The largest absolute Gasteiger partial charge is 0.481 e. The third kappa shape index (κ3) is 197. The highest BCUT2D eigenvalue weighted by Gasteiger charge is 2.06. The summed E-state index contributed by atoms with van der Waals surface area (Å²) in [4.78, 5) is 116. The zero-order valence-corrected chi connectivity index (χ0v) is 87.9. The fourth-order valence-corrected chi connectivity index (χ4v) is 14.1. The van der Waals surface area contributed by atoms with Crippen molar-refractivity contribution in [3.8, 4) is 0 Å². The Kier molecular flexibility index (Phi) is 154. The molecule has 0 saturated heterocycles. The van der Waals surface area contributed by atoms with Gasteiger partial charge >= 0.3 is 53.7 Å². The fourth-order valence-electron chi connectivity index (χ4n) is 14.1. The van der Waals surface area contributed by atoms with Crippen molar-refractivity contribution in [1.82, 2.24) is 0 Å². The number of rotatable bonds is 99. The highest BCUT2D eigenvalue weighted by Crippen LogP contribution is 2.19. The van der Waals surface area contributed by atoms with Gasteiger partial charge in [0.1, 0.15) is 0 Å². The molecule has 0 aromatic heterocycles. The second-order valence-electron chi connectivity index (χ2n) is 35.3. The first-order valence-electron chi connectivity index (χ1n) is 54.0. The van der Waals surface area contributed by atoms with Crippen LogP contribution in [0.1, 0.15) is 520 Å². The van der Waals surface area contributed by atoms with E-state index in [1.165, 1.54) is 173 Å². The molecule has 0 saturated carbocycles. The van der Waals surface area contributed by atoms with Gasteiger partial charge in [-0.3, -0.25) is 43.2 Å². The van der Waals surface area contributed by atoms with Crippen LogP contribution in [0, 0.1) is 0 Å². The molecule has 0 aliphatic rings. The van der Waals surface area contributed by atoms with Gasteiger partial charge < -0.3 is 46.0 Å². The molecule has 0 unspecified atom stereocenters. The summed E-state index contributed by atoms with van der Waals surface area (Å²) in [7, 11) is 0. The van der Waals surface area contributed by atoms with Gasteiger partial charge in [0.2, 0.25) is 0 Å². The van der Waals surface area contributed by atoms with Crippen LogP contribution in [-0.2, 0) is 43.2 Å². The van der Waals surface area contributed by atoms with E-state index in [-0.39, 0.29) is 0 Å². The number of carboxylic acid groups (broad SMARTS) is 9. The van der Waals surface area contributed by atoms with Crippen molar-refractivity contribution in [3.63, 3.8) is 0 Å². The molecule has 0 aliphatic carbocycles. The van der Waals surface area contributed by atoms with Crippen molar-refractivity contribution in [2.24, 2.45) is 46.0 Å². The van der Waals surface area contributed by atoms with E-state index in [4.69, 9.17) is 95.7 Å². The standard InChI is InChI=1S/9C11H21N3O2/c9*12-14-13-10-8-6-4-2-1-3-5-7-9-11(15)16/h9*1-10H2,(H,15,16). The van der Waals surface area contributed by atoms with Gasteiger partial charge in [0, 0.05) is 161 Å². The van der Waals surface area contributed by atoms with Gasteiger partial charge in [0.05, 0.1) is 0 Å². The van der Waals surface area contributed by atoms with Crippen LogP contribution in [0.25, 0.3) is 94.0 Å². The number of carboxylic acids is 9. The molecule has 0 radical (unpaired) electrons. The zero-order valence-electron chi connectivity index (χ0n) is 87.9. The molecule has 0 rings (SSSR count). The quantitative estimate of drug-likeness (QED) is 0.0118. The lowest BCUT2D eigenvalue weighted by Crippen LogP contribution is -1.93. The number of aliphatic carboxylic acids is 9. The molecule has 0 bridgehead atoms. The molecule has 0 amide bonds. The predicted molar refractivity (Wildman–Crippen MR) is 569 cm³/mol. The normalized spacial score (nSPS) is 9.75. The Hall–Kier alpha value is -11.0. The van der Waals surface area contributed by atoms with E-state index >= 15 is 0 Å². The maximum Gasteiger partial charge on any atom is 0.303 e. The first kappa shape index (κ1) is 151. The first-order chi connectivity index (χ1) is 69.9. The van der Waals surface area contributed by atoms with E-state index in [0.717, 1.165) is 289 Å². The summed E-state index contributed by atoms with van der Waals surface area (Å²) in [5.41, 5.74) is 72.4. The summed E-state index contributed by atoms with van der Waals surface area (Å²) in [6.07, 6.45) is 80.1. The SMILES string of the molecule is [N-]=[N+]=NCCCCCCCCCCC(=O)O.[N-]=[N+]=NCCCCCCCCCCC(=O)O.[N-]=[N+]=NCCCCCCCCCCC(=O)O.[N-]=[N+]=NCCCCCCCCCCC(=O)O.[N-]=[N+]=NCCCCCCCCCCC(=O)O.[N-]=[N+]=NCCCCCCCCCCC(=O)O.[N-]=[N+]=NCCCCCCCCCCC(=O)O.[N-]=[N+]=NCCCCCCCCCCC(=O)O.[N-]=[N+]=NCCCCCCCCCCC(=O)O. The minimum absolute atomic E-state index is 0.298. The molecule has 0 fully saturated rings. The van der Waals surface area contributed by atoms with E-state index < -0.39 is 53.7 Å². The maximum absolute atomic E-state index is 10.2. The summed E-state index contributed by atoms with van der Waals surface area (Å²) in [6.45, 7) is 5.46. The van der Waals surface area contributed by atoms with Crippen molar-refractivity contribution < 1.29 is 89.1 Å². The molecule has 0 atom stereocenters. The second kappa shape index (κ2) is 147. The van der Waals surface area contributed by atoms with E-state index in [1.54, 1.807) is 0 Å². The number of azide groups is 9. The van der Waals surface area contributed by atoms with Gasteiger partial charge in [-0.1, -0.05) is 393 Å². The number of hydrogen-bond acceptors (Lipinski definition) is 18. The van der Waals surface area contributed by atoms with Crippen LogP contribution in [0.3, 0.4) is 0 Å². The molecule has 45 heteroatoms. The zero-order chi connectivity index (χ0) is 109. The molecular weight excluding hydrogens is 1860 g/mol. The monoisotopic (exact) mass is 2040 g/mol. The molecule has 828 valence electrons. The van der Waals surface area contributed by atoms with Crippen molar-refractivity contribution >= 4 is 53.7 Å². The smallest absolute Gasteiger partial charge is 0.303 e. The Labute approximate surface area is 857 Å². The Morgan fingerprint density at radius 2 is 0.167 bits per heavy atom. The van der Waals surface area contributed by atoms with Gasteiger partial charge in [0.15, 0.2) is 0 Å². The van der Waals surface area contributed by atoms with Crippen LogP contribution in [-0.4, -0.2) is 159 Å². The predicted octanol–water partition coefficient (Wildman–Crippen LogP) is 35.0.